The van der Waals surface area contributed by atoms with Crippen molar-refractivity contribution in [3.8, 4) is 11.3 Å². The predicted octanol–water partition coefficient (Wildman–Crippen LogP) is 4.45. The zero-order chi connectivity index (χ0) is 17.1. The highest BCUT2D eigenvalue weighted by Gasteiger charge is 2.12. The number of rotatable bonds is 4. The van der Waals surface area contributed by atoms with Crippen LogP contribution in [-0.4, -0.2) is 11.1 Å². The number of amides is 1. The summed E-state index contributed by atoms with van der Waals surface area (Å²) in [7, 11) is 0. The molecule has 1 amide bonds. The van der Waals surface area contributed by atoms with Crippen molar-refractivity contribution in [1.29, 1.82) is 0 Å². The third-order valence-electron chi connectivity index (χ3n) is 3.90. The largest absolute Gasteiger partial charge is 0.356 e. The Bertz CT molecular complexity index is 864. The van der Waals surface area contributed by atoms with E-state index in [1.807, 2.05) is 69.3 Å². The number of hydrogen-bond acceptors (Lipinski definition) is 3. The summed E-state index contributed by atoms with van der Waals surface area (Å²) in [5.74, 6) is 0.567. The lowest BCUT2D eigenvalue weighted by Gasteiger charge is -2.08. The van der Waals surface area contributed by atoms with Crippen LogP contribution >= 0.6 is 0 Å². The molecule has 1 aromatic heterocycles. The van der Waals surface area contributed by atoms with Crippen LogP contribution in [0.3, 0.4) is 0 Å². The fraction of sp³-hybridized carbons (Fsp3) is 0.200. The number of nitrogens with one attached hydrogen (secondary N) is 1. The standard InChI is InChI=1S/C20H20N2O2/c1-13-5-8-16(9-6-13)19-11-17(22-24-19)12-20(23)21-18-10-14(2)4-7-15(18)3/h4-11H,12H2,1-3H3,(H,21,23). The highest BCUT2D eigenvalue weighted by molar-refractivity contribution is 5.92. The molecule has 0 saturated carbocycles. The zero-order valence-electron chi connectivity index (χ0n) is 14.1. The van der Waals surface area contributed by atoms with Gasteiger partial charge in [0.25, 0.3) is 0 Å². The predicted molar refractivity (Wildman–Crippen MR) is 94.9 cm³/mol. The Hall–Kier alpha value is -2.88. The Kier molecular flexibility index (Phi) is 4.47. The van der Waals surface area contributed by atoms with E-state index >= 15 is 0 Å². The second-order valence-corrected chi connectivity index (χ2v) is 6.09. The third kappa shape index (κ3) is 3.71. The van der Waals surface area contributed by atoms with Crippen LogP contribution in [0.25, 0.3) is 11.3 Å². The molecule has 3 aromatic rings. The Morgan fingerprint density at radius 1 is 1.00 bits per heavy atom. The number of benzene rings is 2. The van der Waals surface area contributed by atoms with E-state index in [4.69, 9.17) is 4.52 Å². The molecule has 4 heteroatoms. The second kappa shape index (κ2) is 6.71. The van der Waals surface area contributed by atoms with Crippen LogP contribution < -0.4 is 5.32 Å². The quantitative estimate of drug-likeness (QED) is 0.773. The third-order valence-corrected chi connectivity index (χ3v) is 3.90. The van der Waals surface area contributed by atoms with Gasteiger partial charge in [0, 0.05) is 17.3 Å². The second-order valence-electron chi connectivity index (χ2n) is 6.09. The molecule has 0 fully saturated rings. The van der Waals surface area contributed by atoms with E-state index in [9.17, 15) is 4.79 Å². The molecule has 0 unspecified atom stereocenters. The Morgan fingerprint density at radius 2 is 1.71 bits per heavy atom. The molecule has 2 aromatic carbocycles. The van der Waals surface area contributed by atoms with Crippen LogP contribution in [0.1, 0.15) is 22.4 Å². The zero-order valence-corrected chi connectivity index (χ0v) is 14.1. The summed E-state index contributed by atoms with van der Waals surface area (Å²) in [4.78, 5) is 12.2. The van der Waals surface area contributed by atoms with E-state index in [2.05, 4.69) is 10.5 Å². The highest BCUT2D eigenvalue weighted by atomic mass is 16.5. The Labute approximate surface area is 141 Å². The number of aryl methyl sites for hydroxylation is 3. The van der Waals surface area contributed by atoms with Gasteiger partial charge in [0.2, 0.25) is 5.91 Å². The Morgan fingerprint density at radius 3 is 2.46 bits per heavy atom. The monoisotopic (exact) mass is 320 g/mol. The van der Waals surface area contributed by atoms with Gasteiger partial charge in [0.05, 0.1) is 12.1 Å². The van der Waals surface area contributed by atoms with Gasteiger partial charge in [-0.3, -0.25) is 4.79 Å². The molecule has 0 spiro atoms. The van der Waals surface area contributed by atoms with Crippen LogP contribution in [0.2, 0.25) is 0 Å². The summed E-state index contributed by atoms with van der Waals surface area (Å²) in [6, 6.07) is 15.8. The summed E-state index contributed by atoms with van der Waals surface area (Å²) in [6.07, 6.45) is 0.183. The van der Waals surface area contributed by atoms with Crippen molar-refractivity contribution in [3.63, 3.8) is 0 Å². The maximum absolute atomic E-state index is 12.2. The van der Waals surface area contributed by atoms with Crippen molar-refractivity contribution in [1.82, 2.24) is 5.16 Å². The molecule has 0 atom stereocenters. The van der Waals surface area contributed by atoms with Gasteiger partial charge in [-0.2, -0.15) is 0 Å². The number of carbonyl (C=O) groups excluding carboxylic acids is 1. The van der Waals surface area contributed by atoms with Gasteiger partial charge in [-0.15, -0.1) is 0 Å². The number of anilines is 1. The number of carbonyl (C=O) groups is 1. The van der Waals surface area contributed by atoms with Crippen molar-refractivity contribution in [2.24, 2.45) is 0 Å². The van der Waals surface area contributed by atoms with Crippen LogP contribution in [0.4, 0.5) is 5.69 Å². The molecule has 1 heterocycles. The van der Waals surface area contributed by atoms with Crippen LogP contribution in [0.5, 0.6) is 0 Å². The van der Waals surface area contributed by atoms with E-state index in [1.165, 1.54) is 5.56 Å². The van der Waals surface area contributed by atoms with Crippen molar-refractivity contribution < 1.29 is 9.32 Å². The smallest absolute Gasteiger partial charge is 0.230 e. The molecular formula is C20H20N2O2. The first-order valence-electron chi connectivity index (χ1n) is 7.91. The van der Waals surface area contributed by atoms with Crippen LogP contribution in [-0.2, 0) is 11.2 Å². The van der Waals surface area contributed by atoms with Gasteiger partial charge in [0.15, 0.2) is 5.76 Å². The molecule has 1 N–H and O–H groups in total. The molecular weight excluding hydrogens is 300 g/mol. The molecule has 3 rings (SSSR count). The fourth-order valence-corrected chi connectivity index (χ4v) is 2.48. The minimum atomic E-state index is -0.104. The van der Waals surface area contributed by atoms with E-state index < -0.39 is 0 Å². The normalized spacial score (nSPS) is 10.6. The van der Waals surface area contributed by atoms with E-state index in [1.54, 1.807) is 0 Å². The number of aromatic nitrogens is 1. The molecule has 0 bridgehead atoms. The number of nitrogens with zero attached hydrogens (tertiary/aromatic N) is 1. The van der Waals surface area contributed by atoms with Gasteiger partial charge in [-0.25, -0.2) is 0 Å². The van der Waals surface area contributed by atoms with Gasteiger partial charge in [0.1, 0.15) is 0 Å². The van der Waals surface area contributed by atoms with E-state index in [0.29, 0.717) is 11.5 Å². The highest BCUT2D eigenvalue weighted by Crippen LogP contribution is 2.21. The van der Waals surface area contributed by atoms with Gasteiger partial charge >= 0.3 is 0 Å². The van der Waals surface area contributed by atoms with E-state index in [0.717, 1.165) is 22.4 Å². The van der Waals surface area contributed by atoms with Crippen molar-refractivity contribution in [2.75, 3.05) is 5.32 Å². The Balaban J connectivity index is 1.69. The molecule has 0 aliphatic heterocycles. The summed E-state index contributed by atoms with van der Waals surface area (Å²) < 4.78 is 5.35. The lowest BCUT2D eigenvalue weighted by atomic mass is 10.1. The first-order chi connectivity index (χ1) is 11.5. The molecule has 122 valence electrons. The summed E-state index contributed by atoms with van der Waals surface area (Å²) in [5.41, 5.74) is 5.74. The first-order valence-corrected chi connectivity index (χ1v) is 7.91. The number of hydrogen-bond donors (Lipinski definition) is 1. The average molecular weight is 320 g/mol. The lowest BCUT2D eigenvalue weighted by Crippen LogP contribution is -2.15. The minimum absolute atomic E-state index is 0.104. The molecule has 24 heavy (non-hydrogen) atoms. The van der Waals surface area contributed by atoms with Crippen molar-refractivity contribution >= 4 is 11.6 Å². The molecule has 0 saturated heterocycles. The molecule has 0 aliphatic carbocycles. The van der Waals surface area contributed by atoms with E-state index in [-0.39, 0.29) is 12.3 Å². The van der Waals surface area contributed by atoms with Gasteiger partial charge < -0.3 is 9.84 Å². The maximum atomic E-state index is 12.2. The molecule has 4 nitrogen and oxygen atoms in total. The van der Waals surface area contributed by atoms with Crippen molar-refractivity contribution in [2.45, 2.75) is 27.2 Å². The van der Waals surface area contributed by atoms with Gasteiger partial charge in [-0.1, -0.05) is 47.1 Å². The SMILES string of the molecule is Cc1ccc(-c2cc(CC(=O)Nc3cc(C)ccc3C)no2)cc1. The molecule has 0 radical (unpaired) electrons. The van der Waals surface area contributed by atoms with Crippen LogP contribution in [0, 0.1) is 20.8 Å². The lowest BCUT2D eigenvalue weighted by molar-refractivity contribution is -0.115. The topological polar surface area (TPSA) is 55.1 Å². The minimum Gasteiger partial charge on any atom is -0.356 e. The first kappa shape index (κ1) is 16.0. The molecule has 0 aliphatic rings. The fourth-order valence-electron chi connectivity index (χ4n) is 2.48. The summed E-state index contributed by atoms with van der Waals surface area (Å²) in [5, 5.41) is 6.94. The summed E-state index contributed by atoms with van der Waals surface area (Å²) in [6.45, 7) is 6.01. The van der Waals surface area contributed by atoms with Crippen molar-refractivity contribution in [3.05, 3.63) is 70.9 Å². The average Bonchev–Trinajstić information content (AvgIpc) is 3.00. The maximum Gasteiger partial charge on any atom is 0.230 e. The van der Waals surface area contributed by atoms with Gasteiger partial charge in [-0.05, 0) is 38.0 Å². The van der Waals surface area contributed by atoms with Crippen LogP contribution in [0.15, 0.2) is 53.1 Å². The summed E-state index contributed by atoms with van der Waals surface area (Å²) >= 11 is 0.